The molecule has 1 saturated carbocycles. The molecule has 0 heterocycles. The summed E-state index contributed by atoms with van der Waals surface area (Å²) in [6.07, 6.45) is 7.94. The summed E-state index contributed by atoms with van der Waals surface area (Å²) in [6, 6.07) is 0. The van der Waals surface area contributed by atoms with Gasteiger partial charge in [0.1, 0.15) is 0 Å². The lowest BCUT2D eigenvalue weighted by molar-refractivity contribution is 0.483. The average Bonchev–Trinajstić information content (AvgIpc) is 1.90. The Morgan fingerprint density at radius 1 is 1.50 bits per heavy atom. The summed E-state index contributed by atoms with van der Waals surface area (Å²) in [4.78, 5) is 0. The first-order valence-electron chi connectivity index (χ1n) is 3.37. The minimum Gasteiger partial charge on any atom is -0.179 e. The summed E-state index contributed by atoms with van der Waals surface area (Å²) in [6.45, 7) is 0. The van der Waals surface area contributed by atoms with Crippen LogP contribution in [0.3, 0.4) is 0 Å². The number of thiol groups is 1. The van der Waals surface area contributed by atoms with Crippen molar-refractivity contribution in [3.8, 4) is 0 Å². The van der Waals surface area contributed by atoms with Crippen molar-refractivity contribution < 1.29 is 0 Å². The summed E-state index contributed by atoms with van der Waals surface area (Å²) in [5.74, 6) is 1.88. The second-order valence-electron chi connectivity index (χ2n) is 2.46. The summed E-state index contributed by atoms with van der Waals surface area (Å²) in [7, 11) is 0. The van der Waals surface area contributed by atoms with Gasteiger partial charge in [-0.15, -0.1) is 0 Å². The van der Waals surface area contributed by atoms with Gasteiger partial charge in [-0.1, -0.05) is 12.8 Å². The molecule has 1 atom stereocenters. The number of rotatable bonds is 1. The second kappa shape index (κ2) is 3.39. The van der Waals surface area contributed by atoms with Crippen LogP contribution in [0.1, 0.15) is 25.7 Å². The number of hydrogen-bond donors (Lipinski definition) is 1. The lowest BCUT2D eigenvalue weighted by Crippen LogP contribution is -2.07. The minimum atomic E-state index is 0.826. The van der Waals surface area contributed by atoms with E-state index in [2.05, 4.69) is 19.0 Å². The normalized spacial score (nSPS) is 23.6. The molecule has 1 aliphatic carbocycles. The van der Waals surface area contributed by atoms with Crippen molar-refractivity contribution in [2.75, 3.05) is 5.75 Å². The van der Waals surface area contributed by atoms with Crippen LogP contribution in [0.2, 0.25) is 0 Å². The van der Waals surface area contributed by atoms with Gasteiger partial charge < -0.3 is 0 Å². The summed E-state index contributed by atoms with van der Waals surface area (Å²) >= 11 is 4.23. The van der Waals surface area contributed by atoms with Gasteiger partial charge in [0.2, 0.25) is 0 Å². The molecule has 0 aliphatic heterocycles. The van der Waals surface area contributed by atoms with Gasteiger partial charge in [-0.3, -0.25) is 0 Å². The first kappa shape index (κ1) is 6.47. The van der Waals surface area contributed by atoms with Gasteiger partial charge in [-0.25, -0.2) is 0 Å². The fourth-order valence-electron chi connectivity index (χ4n) is 1.19. The van der Waals surface area contributed by atoms with Crippen LogP contribution in [0.4, 0.5) is 0 Å². The second-order valence-corrected chi connectivity index (χ2v) is 2.83. The Morgan fingerprint density at radius 3 is 2.75 bits per heavy atom. The molecule has 0 N–H and O–H groups in total. The zero-order valence-corrected chi connectivity index (χ0v) is 6.03. The molecule has 1 heteroatoms. The minimum absolute atomic E-state index is 0.826. The van der Waals surface area contributed by atoms with E-state index < -0.39 is 0 Å². The molecule has 0 spiro atoms. The maximum atomic E-state index is 4.23. The summed E-state index contributed by atoms with van der Waals surface area (Å²) in [5.41, 5.74) is 0. The quantitative estimate of drug-likeness (QED) is 0.516. The standard InChI is InChI=1S/C7H13S/c8-6-7-4-2-1-3-5-7/h4,7-8H,1-3,5-6H2. The van der Waals surface area contributed by atoms with E-state index in [0.29, 0.717) is 0 Å². The third-order valence-corrected chi connectivity index (χ3v) is 2.23. The van der Waals surface area contributed by atoms with Crippen molar-refractivity contribution in [2.45, 2.75) is 25.7 Å². The SMILES string of the molecule is SCC1[CH]CCCC1. The van der Waals surface area contributed by atoms with Crippen LogP contribution < -0.4 is 0 Å². The zero-order valence-electron chi connectivity index (χ0n) is 5.14. The Bertz CT molecular complexity index is 55.4. The maximum absolute atomic E-state index is 4.23. The maximum Gasteiger partial charge on any atom is -0.00667 e. The summed E-state index contributed by atoms with van der Waals surface area (Å²) < 4.78 is 0. The Balaban J connectivity index is 2.13. The molecule has 0 saturated heterocycles. The Kier molecular flexibility index (Phi) is 2.74. The predicted molar refractivity (Wildman–Crippen MR) is 40.1 cm³/mol. The van der Waals surface area contributed by atoms with E-state index in [4.69, 9.17) is 0 Å². The lowest BCUT2D eigenvalue weighted by Gasteiger charge is -2.18. The van der Waals surface area contributed by atoms with Crippen molar-refractivity contribution in [3.63, 3.8) is 0 Å². The van der Waals surface area contributed by atoms with Crippen LogP contribution in [0.15, 0.2) is 0 Å². The van der Waals surface area contributed by atoms with E-state index in [0.717, 1.165) is 11.7 Å². The molecule has 0 bridgehead atoms. The van der Waals surface area contributed by atoms with Gasteiger partial charge in [-0.05, 0) is 30.9 Å². The van der Waals surface area contributed by atoms with Crippen molar-refractivity contribution in [2.24, 2.45) is 5.92 Å². The smallest absolute Gasteiger partial charge is 0.00667 e. The molecule has 1 rings (SSSR count). The first-order valence-corrected chi connectivity index (χ1v) is 4.01. The molecule has 0 aromatic carbocycles. The fourth-order valence-corrected chi connectivity index (χ4v) is 1.52. The first-order chi connectivity index (χ1) is 3.93. The predicted octanol–water partition coefficient (Wildman–Crippen LogP) is 2.31. The van der Waals surface area contributed by atoms with Crippen molar-refractivity contribution in [3.05, 3.63) is 6.42 Å². The number of hydrogen-bond acceptors (Lipinski definition) is 1. The topological polar surface area (TPSA) is 0 Å². The molecule has 0 aromatic rings. The van der Waals surface area contributed by atoms with E-state index in [1.165, 1.54) is 25.7 Å². The molecule has 1 radical (unpaired) electrons. The highest BCUT2D eigenvalue weighted by atomic mass is 32.1. The van der Waals surface area contributed by atoms with Gasteiger partial charge in [0.15, 0.2) is 0 Å². The third kappa shape index (κ3) is 1.70. The zero-order chi connectivity index (χ0) is 5.82. The van der Waals surface area contributed by atoms with Gasteiger partial charge in [-0.2, -0.15) is 12.6 Å². The highest BCUT2D eigenvalue weighted by Crippen LogP contribution is 2.22. The molecule has 1 unspecified atom stereocenters. The van der Waals surface area contributed by atoms with Gasteiger partial charge in [0.05, 0.1) is 0 Å². The molecule has 47 valence electrons. The monoisotopic (exact) mass is 129 g/mol. The fraction of sp³-hybridized carbons (Fsp3) is 0.857. The van der Waals surface area contributed by atoms with Crippen LogP contribution >= 0.6 is 12.6 Å². The Morgan fingerprint density at radius 2 is 2.38 bits per heavy atom. The molecule has 0 amide bonds. The van der Waals surface area contributed by atoms with Gasteiger partial charge in [0, 0.05) is 0 Å². The summed E-state index contributed by atoms with van der Waals surface area (Å²) in [5, 5.41) is 0. The molecular formula is C7H13S. The van der Waals surface area contributed by atoms with Crippen LogP contribution in [0.5, 0.6) is 0 Å². The average molecular weight is 129 g/mol. The highest BCUT2D eigenvalue weighted by Gasteiger charge is 2.10. The molecular weight excluding hydrogens is 116 g/mol. The molecule has 0 nitrogen and oxygen atoms in total. The highest BCUT2D eigenvalue weighted by molar-refractivity contribution is 7.80. The van der Waals surface area contributed by atoms with E-state index in [1.54, 1.807) is 0 Å². The molecule has 8 heavy (non-hydrogen) atoms. The Labute approximate surface area is 57.1 Å². The van der Waals surface area contributed by atoms with E-state index in [1.807, 2.05) is 0 Å². The lowest BCUT2D eigenvalue weighted by atomic mass is 9.91. The van der Waals surface area contributed by atoms with E-state index in [-0.39, 0.29) is 0 Å². The van der Waals surface area contributed by atoms with Crippen molar-refractivity contribution >= 4 is 12.6 Å². The van der Waals surface area contributed by atoms with E-state index in [9.17, 15) is 0 Å². The van der Waals surface area contributed by atoms with Crippen molar-refractivity contribution in [1.29, 1.82) is 0 Å². The molecule has 0 aromatic heterocycles. The van der Waals surface area contributed by atoms with E-state index >= 15 is 0 Å². The van der Waals surface area contributed by atoms with Gasteiger partial charge in [0.25, 0.3) is 0 Å². The van der Waals surface area contributed by atoms with Crippen LogP contribution in [-0.4, -0.2) is 5.75 Å². The van der Waals surface area contributed by atoms with Crippen LogP contribution in [0.25, 0.3) is 0 Å². The molecule has 1 fully saturated rings. The van der Waals surface area contributed by atoms with Crippen LogP contribution in [-0.2, 0) is 0 Å². The Hall–Kier alpha value is 0.350. The largest absolute Gasteiger partial charge is 0.179 e. The molecule has 1 aliphatic rings. The van der Waals surface area contributed by atoms with Crippen molar-refractivity contribution in [1.82, 2.24) is 0 Å². The third-order valence-electron chi connectivity index (χ3n) is 1.76. The van der Waals surface area contributed by atoms with Gasteiger partial charge >= 0.3 is 0 Å². The van der Waals surface area contributed by atoms with Crippen LogP contribution in [0, 0.1) is 12.3 Å².